The molecule has 0 spiro atoms. The van der Waals surface area contributed by atoms with Gasteiger partial charge in [0.1, 0.15) is 11.2 Å². The molecule has 1 aromatic heterocycles. The van der Waals surface area contributed by atoms with E-state index in [0.29, 0.717) is 0 Å². The van der Waals surface area contributed by atoms with Gasteiger partial charge in [0.2, 0.25) is 0 Å². The van der Waals surface area contributed by atoms with Crippen LogP contribution in [0.15, 0.2) is 89.3 Å². The SMILES string of the molecule is Cc1cccc2c1oc1cc(-c3cccc(-c4cccc(Cl)c4)c3)ccc12. The molecule has 0 atom stereocenters. The maximum absolute atomic E-state index is 6.16. The van der Waals surface area contributed by atoms with E-state index in [1.54, 1.807) is 0 Å². The second-order valence-corrected chi connectivity index (χ2v) is 7.29. The molecular weight excluding hydrogens is 352 g/mol. The Hall–Kier alpha value is -3.03. The first-order valence-electron chi connectivity index (χ1n) is 8.97. The third kappa shape index (κ3) is 2.81. The van der Waals surface area contributed by atoms with E-state index in [0.717, 1.165) is 49.4 Å². The van der Waals surface area contributed by atoms with Crippen LogP contribution in [-0.2, 0) is 0 Å². The first-order chi connectivity index (χ1) is 13.2. The number of benzene rings is 4. The van der Waals surface area contributed by atoms with Gasteiger partial charge in [-0.2, -0.15) is 0 Å². The Morgan fingerprint density at radius 3 is 2.07 bits per heavy atom. The van der Waals surface area contributed by atoms with Crippen molar-refractivity contribution >= 4 is 33.5 Å². The van der Waals surface area contributed by atoms with Gasteiger partial charge >= 0.3 is 0 Å². The van der Waals surface area contributed by atoms with Crippen molar-refractivity contribution in [2.24, 2.45) is 0 Å². The summed E-state index contributed by atoms with van der Waals surface area (Å²) >= 11 is 6.16. The van der Waals surface area contributed by atoms with Crippen molar-refractivity contribution in [2.45, 2.75) is 6.92 Å². The highest BCUT2D eigenvalue weighted by molar-refractivity contribution is 6.30. The summed E-state index contributed by atoms with van der Waals surface area (Å²) in [4.78, 5) is 0. The largest absolute Gasteiger partial charge is 0.456 e. The van der Waals surface area contributed by atoms with Crippen molar-refractivity contribution in [1.29, 1.82) is 0 Å². The average molecular weight is 369 g/mol. The fourth-order valence-corrected chi connectivity index (χ4v) is 3.86. The molecule has 0 N–H and O–H groups in total. The lowest BCUT2D eigenvalue weighted by molar-refractivity contribution is 0.666. The van der Waals surface area contributed by atoms with E-state index in [-0.39, 0.29) is 0 Å². The predicted octanol–water partition coefficient (Wildman–Crippen LogP) is 7.88. The molecule has 5 rings (SSSR count). The number of para-hydroxylation sites is 1. The number of furan rings is 1. The highest BCUT2D eigenvalue weighted by Gasteiger charge is 2.10. The predicted molar refractivity (Wildman–Crippen MR) is 114 cm³/mol. The Bertz CT molecular complexity index is 1300. The molecule has 1 nitrogen and oxygen atoms in total. The minimum Gasteiger partial charge on any atom is -0.456 e. The van der Waals surface area contributed by atoms with Crippen LogP contribution in [-0.4, -0.2) is 0 Å². The van der Waals surface area contributed by atoms with E-state index >= 15 is 0 Å². The summed E-state index contributed by atoms with van der Waals surface area (Å²) in [5, 5.41) is 3.07. The molecule has 0 saturated heterocycles. The molecule has 0 amide bonds. The number of halogens is 1. The van der Waals surface area contributed by atoms with E-state index in [1.165, 1.54) is 5.39 Å². The van der Waals surface area contributed by atoms with Crippen LogP contribution in [0.4, 0.5) is 0 Å². The van der Waals surface area contributed by atoms with Crippen LogP contribution < -0.4 is 0 Å². The zero-order valence-electron chi connectivity index (χ0n) is 14.9. The zero-order valence-corrected chi connectivity index (χ0v) is 15.6. The Balaban J connectivity index is 1.64. The number of hydrogen-bond donors (Lipinski definition) is 0. The molecular formula is C25H17ClO. The zero-order chi connectivity index (χ0) is 18.4. The van der Waals surface area contributed by atoms with Gasteiger partial charge in [-0.1, -0.05) is 66.2 Å². The Morgan fingerprint density at radius 2 is 1.30 bits per heavy atom. The van der Waals surface area contributed by atoms with Gasteiger partial charge in [0.05, 0.1) is 0 Å². The molecule has 1 heterocycles. The molecule has 2 heteroatoms. The van der Waals surface area contributed by atoms with Crippen LogP contribution in [0.25, 0.3) is 44.2 Å². The standard InChI is InChI=1S/C25H17ClO/c1-16-5-2-10-23-22-12-11-20(15-24(22)27-25(16)23)18-7-3-6-17(13-18)19-8-4-9-21(26)14-19/h2-15H,1H3. The summed E-state index contributed by atoms with van der Waals surface area (Å²) in [5.41, 5.74) is 7.62. The Morgan fingerprint density at radius 1 is 0.630 bits per heavy atom. The monoisotopic (exact) mass is 368 g/mol. The van der Waals surface area contributed by atoms with E-state index in [1.807, 2.05) is 18.2 Å². The normalized spacial score (nSPS) is 11.3. The third-order valence-electron chi connectivity index (χ3n) is 5.05. The van der Waals surface area contributed by atoms with Crippen molar-refractivity contribution < 1.29 is 4.42 Å². The van der Waals surface area contributed by atoms with Crippen molar-refractivity contribution in [2.75, 3.05) is 0 Å². The fourth-order valence-electron chi connectivity index (χ4n) is 3.67. The van der Waals surface area contributed by atoms with Crippen LogP contribution in [0.3, 0.4) is 0 Å². The maximum Gasteiger partial charge on any atom is 0.138 e. The first-order valence-corrected chi connectivity index (χ1v) is 9.35. The van der Waals surface area contributed by atoms with Crippen molar-refractivity contribution in [1.82, 2.24) is 0 Å². The van der Waals surface area contributed by atoms with Crippen molar-refractivity contribution in [3.63, 3.8) is 0 Å². The van der Waals surface area contributed by atoms with Crippen LogP contribution in [0.1, 0.15) is 5.56 Å². The number of rotatable bonds is 2. The van der Waals surface area contributed by atoms with Gasteiger partial charge in [-0.25, -0.2) is 0 Å². The van der Waals surface area contributed by atoms with Gasteiger partial charge < -0.3 is 4.42 Å². The molecule has 4 aromatic carbocycles. The number of aryl methyl sites for hydroxylation is 1. The van der Waals surface area contributed by atoms with Gasteiger partial charge in [0, 0.05) is 15.8 Å². The van der Waals surface area contributed by atoms with E-state index < -0.39 is 0 Å². The molecule has 0 unspecified atom stereocenters. The smallest absolute Gasteiger partial charge is 0.138 e. The van der Waals surface area contributed by atoms with Gasteiger partial charge in [0.25, 0.3) is 0 Å². The van der Waals surface area contributed by atoms with Crippen LogP contribution in [0, 0.1) is 6.92 Å². The lowest BCUT2D eigenvalue weighted by Gasteiger charge is -2.07. The van der Waals surface area contributed by atoms with Crippen molar-refractivity contribution in [3.05, 3.63) is 95.5 Å². The minimum absolute atomic E-state index is 0.747. The van der Waals surface area contributed by atoms with E-state index in [9.17, 15) is 0 Å². The topological polar surface area (TPSA) is 13.1 Å². The molecule has 0 aliphatic carbocycles. The molecule has 0 fully saturated rings. The quantitative estimate of drug-likeness (QED) is 0.309. The molecule has 0 bridgehead atoms. The molecule has 0 aliphatic heterocycles. The maximum atomic E-state index is 6.16. The second kappa shape index (κ2) is 6.29. The van der Waals surface area contributed by atoms with Crippen LogP contribution in [0.2, 0.25) is 5.02 Å². The fraction of sp³-hybridized carbons (Fsp3) is 0.0400. The highest BCUT2D eigenvalue weighted by atomic mass is 35.5. The Labute approximate surface area is 162 Å². The van der Waals surface area contributed by atoms with Crippen molar-refractivity contribution in [3.8, 4) is 22.3 Å². The Kier molecular flexibility index (Phi) is 3.77. The average Bonchev–Trinajstić information content (AvgIpc) is 3.07. The molecule has 0 saturated carbocycles. The minimum atomic E-state index is 0.747. The summed E-state index contributed by atoms with van der Waals surface area (Å²) in [7, 11) is 0. The lowest BCUT2D eigenvalue weighted by atomic mass is 9.98. The molecule has 5 aromatic rings. The van der Waals surface area contributed by atoms with Gasteiger partial charge in [-0.3, -0.25) is 0 Å². The lowest BCUT2D eigenvalue weighted by Crippen LogP contribution is -1.81. The van der Waals surface area contributed by atoms with Gasteiger partial charge in [-0.15, -0.1) is 0 Å². The summed E-state index contributed by atoms with van der Waals surface area (Å²) in [6, 6.07) is 29.2. The summed E-state index contributed by atoms with van der Waals surface area (Å²) in [5.74, 6) is 0. The van der Waals surface area contributed by atoms with Crippen LogP contribution >= 0.6 is 11.6 Å². The highest BCUT2D eigenvalue weighted by Crippen LogP contribution is 2.34. The van der Waals surface area contributed by atoms with E-state index in [4.69, 9.17) is 16.0 Å². The third-order valence-corrected chi connectivity index (χ3v) is 5.28. The van der Waals surface area contributed by atoms with Gasteiger partial charge in [-0.05, 0) is 65.1 Å². The summed E-state index contributed by atoms with van der Waals surface area (Å²) in [6.07, 6.45) is 0. The second-order valence-electron chi connectivity index (χ2n) is 6.86. The summed E-state index contributed by atoms with van der Waals surface area (Å²) < 4.78 is 6.16. The van der Waals surface area contributed by atoms with E-state index in [2.05, 4.69) is 73.7 Å². The molecule has 27 heavy (non-hydrogen) atoms. The molecule has 130 valence electrons. The number of hydrogen-bond acceptors (Lipinski definition) is 1. The number of fused-ring (bicyclic) bond motifs is 3. The van der Waals surface area contributed by atoms with Gasteiger partial charge in [0.15, 0.2) is 0 Å². The first kappa shape index (κ1) is 16.2. The molecule has 0 radical (unpaired) electrons. The molecule has 0 aliphatic rings. The summed E-state index contributed by atoms with van der Waals surface area (Å²) in [6.45, 7) is 2.08. The van der Waals surface area contributed by atoms with Crippen LogP contribution in [0.5, 0.6) is 0 Å².